The molecule has 38 heavy (non-hydrogen) atoms. The summed E-state index contributed by atoms with van der Waals surface area (Å²) < 4.78 is 13.0. The Morgan fingerprint density at radius 3 is 2.42 bits per heavy atom. The molecule has 2 aromatic carbocycles. The van der Waals surface area contributed by atoms with Crippen molar-refractivity contribution in [2.45, 2.75) is 33.1 Å². The fourth-order valence-corrected chi connectivity index (χ4v) is 5.82. The van der Waals surface area contributed by atoms with Gasteiger partial charge in [-0.05, 0) is 73.7 Å². The fourth-order valence-electron chi connectivity index (χ4n) is 5.82. The van der Waals surface area contributed by atoms with E-state index in [0.717, 1.165) is 61.4 Å². The third-order valence-corrected chi connectivity index (χ3v) is 7.85. The van der Waals surface area contributed by atoms with Crippen molar-refractivity contribution >= 4 is 17.5 Å². The van der Waals surface area contributed by atoms with Crippen molar-refractivity contribution in [2.75, 3.05) is 37.6 Å². The molecule has 1 N–H and O–H groups in total. The largest absolute Gasteiger partial charge is 0.371 e. The zero-order valence-corrected chi connectivity index (χ0v) is 22.1. The van der Waals surface area contributed by atoms with Gasteiger partial charge >= 0.3 is 0 Å². The van der Waals surface area contributed by atoms with Gasteiger partial charge in [0.15, 0.2) is 0 Å². The quantitative estimate of drug-likeness (QED) is 0.455. The highest BCUT2D eigenvalue weighted by Crippen LogP contribution is 2.35. The van der Waals surface area contributed by atoms with Crippen LogP contribution in [0.3, 0.4) is 0 Å². The van der Waals surface area contributed by atoms with Gasteiger partial charge in [0.2, 0.25) is 5.91 Å². The van der Waals surface area contributed by atoms with Gasteiger partial charge in [0.1, 0.15) is 5.82 Å². The van der Waals surface area contributed by atoms with Crippen LogP contribution < -0.4 is 10.2 Å². The van der Waals surface area contributed by atoms with E-state index in [4.69, 9.17) is 0 Å². The third kappa shape index (κ3) is 5.87. The van der Waals surface area contributed by atoms with Crippen molar-refractivity contribution in [3.05, 3.63) is 94.6 Å². The smallest absolute Gasteiger partial charge is 0.255 e. The van der Waals surface area contributed by atoms with E-state index >= 15 is 0 Å². The molecule has 0 radical (unpaired) electrons. The number of nitrogens with one attached hydrogen (secondary N) is 1. The van der Waals surface area contributed by atoms with E-state index in [9.17, 15) is 14.0 Å². The highest BCUT2D eigenvalue weighted by molar-refractivity contribution is 5.96. The number of nitrogens with zero attached hydrogens (tertiary/aromatic N) is 3. The number of pyridine rings is 1. The van der Waals surface area contributed by atoms with Crippen molar-refractivity contribution < 1.29 is 14.0 Å². The van der Waals surface area contributed by atoms with Crippen LogP contribution in [0.15, 0.2) is 60.8 Å². The lowest BCUT2D eigenvalue weighted by Crippen LogP contribution is -2.34. The summed E-state index contributed by atoms with van der Waals surface area (Å²) in [6.45, 7) is 8.02. The van der Waals surface area contributed by atoms with E-state index in [2.05, 4.69) is 39.5 Å². The Labute approximate surface area is 223 Å². The molecule has 6 nitrogen and oxygen atoms in total. The first kappa shape index (κ1) is 25.9. The van der Waals surface area contributed by atoms with Gasteiger partial charge in [-0.1, -0.05) is 24.3 Å². The summed E-state index contributed by atoms with van der Waals surface area (Å²) in [5, 5.41) is 2.97. The SMILES string of the molecule is Cc1ccnc(C)c1C(=O)N1CC2CN(c3cccc(CCCNC(=O)Cc4ccc(F)cc4)c3)CC2C1. The molecule has 3 aromatic rings. The zero-order valence-electron chi connectivity index (χ0n) is 22.1. The highest BCUT2D eigenvalue weighted by Gasteiger charge is 2.42. The van der Waals surface area contributed by atoms with E-state index < -0.39 is 0 Å². The predicted octanol–water partition coefficient (Wildman–Crippen LogP) is 4.34. The lowest BCUT2D eigenvalue weighted by atomic mass is 10.0. The van der Waals surface area contributed by atoms with Crippen molar-refractivity contribution in [3.8, 4) is 0 Å². The second-order valence-corrected chi connectivity index (χ2v) is 10.7. The minimum atomic E-state index is -0.295. The van der Waals surface area contributed by atoms with Crippen LogP contribution in [0.25, 0.3) is 0 Å². The van der Waals surface area contributed by atoms with Gasteiger partial charge in [-0.25, -0.2) is 4.39 Å². The zero-order chi connectivity index (χ0) is 26.6. The van der Waals surface area contributed by atoms with Crippen LogP contribution in [0.5, 0.6) is 0 Å². The van der Waals surface area contributed by atoms with Gasteiger partial charge in [-0.15, -0.1) is 0 Å². The van der Waals surface area contributed by atoms with Gasteiger partial charge in [0, 0.05) is 56.4 Å². The molecule has 7 heteroatoms. The average molecular weight is 515 g/mol. The molecule has 198 valence electrons. The number of amides is 2. The first-order valence-corrected chi connectivity index (χ1v) is 13.4. The molecule has 2 fully saturated rings. The number of hydrogen-bond acceptors (Lipinski definition) is 4. The maximum atomic E-state index is 13.2. The molecule has 2 atom stereocenters. The predicted molar refractivity (Wildman–Crippen MR) is 147 cm³/mol. The number of halogens is 1. The number of fused-ring (bicyclic) bond motifs is 1. The van der Waals surface area contributed by atoms with E-state index in [1.165, 1.54) is 23.4 Å². The molecule has 1 aromatic heterocycles. The Kier molecular flexibility index (Phi) is 7.72. The molecule has 2 unspecified atom stereocenters. The second kappa shape index (κ2) is 11.3. The maximum Gasteiger partial charge on any atom is 0.255 e. The lowest BCUT2D eigenvalue weighted by molar-refractivity contribution is -0.120. The summed E-state index contributed by atoms with van der Waals surface area (Å²) >= 11 is 0. The van der Waals surface area contributed by atoms with Gasteiger partial charge in [0.25, 0.3) is 5.91 Å². The Balaban J connectivity index is 1.09. The maximum absolute atomic E-state index is 13.2. The van der Waals surface area contributed by atoms with Crippen LogP contribution in [0, 0.1) is 31.5 Å². The first-order valence-electron chi connectivity index (χ1n) is 13.4. The second-order valence-electron chi connectivity index (χ2n) is 10.7. The minimum absolute atomic E-state index is 0.0460. The third-order valence-electron chi connectivity index (χ3n) is 7.85. The standard InChI is InChI=1S/C31H35FN4O2/c1-21-12-14-33-22(2)30(21)31(38)36-19-25-17-35(18-26(25)20-36)28-7-3-5-23(15-28)6-4-13-34-29(37)16-24-8-10-27(32)11-9-24/h3,5,7-12,14-15,25-26H,4,6,13,16-20H2,1-2H3,(H,34,37). The van der Waals surface area contributed by atoms with Gasteiger partial charge < -0.3 is 15.1 Å². The Hall–Kier alpha value is -3.74. The topological polar surface area (TPSA) is 65.5 Å². The summed E-state index contributed by atoms with van der Waals surface area (Å²) in [6, 6.07) is 16.6. The first-order chi connectivity index (χ1) is 18.4. The van der Waals surface area contributed by atoms with E-state index in [1.807, 2.05) is 24.8 Å². The molecule has 0 bridgehead atoms. The van der Waals surface area contributed by atoms with Gasteiger partial charge in [0.05, 0.1) is 17.7 Å². The van der Waals surface area contributed by atoms with Crippen LogP contribution in [0.2, 0.25) is 0 Å². The van der Waals surface area contributed by atoms with E-state index in [0.29, 0.717) is 18.4 Å². The molecule has 2 amide bonds. The molecule has 0 saturated carbocycles. The average Bonchev–Trinajstić information content (AvgIpc) is 3.48. The molecule has 0 aliphatic carbocycles. The lowest BCUT2D eigenvalue weighted by Gasteiger charge is -2.24. The van der Waals surface area contributed by atoms with Crippen LogP contribution in [-0.4, -0.2) is 54.4 Å². The Bertz CT molecular complexity index is 1280. The minimum Gasteiger partial charge on any atom is -0.371 e. The summed E-state index contributed by atoms with van der Waals surface area (Å²) in [5.41, 5.74) is 5.84. The normalized spacial score (nSPS) is 18.5. The number of likely N-dealkylation sites (tertiary alicyclic amines) is 1. The Morgan fingerprint density at radius 1 is 0.974 bits per heavy atom. The van der Waals surface area contributed by atoms with Crippen LogP contribution in [0.4, 0.5) is 10.1 Å². The summed E-state index contributed by atoms with van der Waals surface area (Å²) in [4.78, 5) is 34.2. The van der Waals surface area contributed by atoms with Crippen molar-refractivity contribution in [2.24, 2.45) is 11.8 Å². The number of aryl methyl sites for hydroxylation is 3. The molecular formula is C31H35FN4O2. The Morgan fingerprint density at radius 2 is 1.71 bits per heavy atom. The number of anilines is 1. The number of carbonyl (C=O) groups is 2. The highest BCUT2D eigenvalue weighted by atomic mass is 19.1. The molecule has 2 saturated heterocycles. The molecule has 3 heterocycles. The number of hydrogen-bond donors (Lipinski definition) is 1. The van der Waals surface area contributed by atoms with Gasteiger partial charge in [-0.2, -0.15) is 0 Å². The molecule has 2 aliphatic rings. The summed E-state index contributed by atoms with van der Waals surface area (Å²) in [5.74, 6) is 0.736. The van der Waals surface area contributed by atoms with Gasteiger partial charge in [-0.3, -0.25) is 14.6 Å². The van der Waals surface area contributed by atoms with Crippen molar-refractivity contribution in [1.82, 2.24) is 15.2 Å². The monoisotopic (exact) mass is 514 g/mol. The summed E-state index contributed by atoms with van der Waals surface area (Å²) in [7, 11) is 0. The van der Waals surface area contributed by atoms with E-state index in [-0.39, 0.29) is 24.1 Å². The molecule has 5 rings (SSSR count). The molecule has 2 aliphatic heterocycles. The fraction of sp³-hybridized carbons (Fsp3) is 0.387. The van der Waals surface area contributed by atoms with Crippen LogP contribution in [-0.2, 0) is 17.6 Å². The van der Waals surface area contributed by atoms with Crippen molar-refractivity contribution in [3.63, 3.8) is 0 Å². The molecule has 0 spiro atoms. The number of rotatable bonds is 8. The van der Waals surface area contributed by atoms with Crippen LogP contribution in [0.1, 0.15) is 39.2 Å². The van der Waals surface area contributed by atoms with E-state index in [1.54, 1.807) is 18.3 Å². The van der Waals surface area contributed by atoms with Crippen LogP contribution >= 0.6 is 0 Å². The summed E-state index contributed by atoms with van der Waals surface area (Å²) in [6.07, 6.45) is 3.77. The van der Waals surface area contributed by atoms with Crippen molar-refractivity contribution in [1.29, 1.82) is 0 Å². The number of aromatic nitrogens is 1. The number of carbonyl (C=O) groups excluding carboxylic acids is 2. The number of benzene rings is 2. The molecular weight excluding hydrogens is 479 g/mol.